The minimum atomic E-state index is -0.257. The maximum absolute atomic E-state index is 11.5. The number of urea groups is 1. The zero-order valence-corrected chi connectivity index (χ0v) is 11.0. The van der Waals surface area contributed by atoms with E-state index in [1.165, 1.54) is 5.56 Å². The Balaban J connectivity index is 1.81. The number of aliphatic imine (C=N–C) groups is 1. The molecule has 94 valence electrons. The molecule has 1 aromatic rings. The third-order valence-corrected chi connectivity index (χ3v) is 3.23. The van der Waals surface area contributed by atoms with E-state index in [1.54, 1.807) is 18.0 Å². The first-order valence-electron chi connectivity index (χ1n) is 5.72. The van der Waals surface area contributed by atoms with E-state index in [2.05, 4.69) is 15.6 Å². The van der Waals surface area contributed by atoms with Crippen molar-refractivity contribution in [2.24, 2.45) is 4.99 Å². The van der Waals surface area contributed by atoms with Gasteiger partial charge >= 0.3 is 6.03 Å². The number of thioether (sulfide) groups is 1. The first kappa shape index (κ1) is 12.7. The molecule has 2 N–H and O–H groups in total. The minimum absolute atomic E-state index is 0.257. The first-order valence-corrected chi connectivity index (χ1v) is 6.70. The number of nitrogens with one attached hydrogen (secondary N) is 2. The molecule has 2 rings (SSSR count). The SMILES string of the molecule is Cc1cccc(/C=C/NC(=O)NC2=NCCS2)c1. The highest BCUT2D eigenvalue weighted by molar-refractivity contribution is 8.14. The lowest BCUT2D eigenvalue weighted by Crippen LogP contribution is -2.34. The number of benzene rings is 1. The van der Waals surface area contributed by atoms with E-state index >= 15 is 0 Å². The molecule has 2 amide bonds. The van der Waals surface area contributed by atoms with Crippen LogP contribution in [0.25, 0.3) is 6.08 Å². The highest BCUT2D eigenvalue weighted by Gasteiger charge is 2.08. The normalized spacial score (nSPS) is 14.6. The van der Waals surface area contributed by atoms with Gasteiger partial charge in [0, 0.05) is 12.0 Å². The lowest BCUT2D eigenvalue weighted by Gasteiger charge is -2.02. The molecule has 0 saturated heterocycles. The van der Waals surface area contributed by atoms with E-state index in [-0.39, 0.29) is 6.03 Å². The van der Waals surface area contributed by atoms with Gasteiger partial charge in [0.05, 0.1) is 6.54 Å². The van der Waals surface area contributed by atoms with Crippen molar-refractivity contribution in [2.45, 2.75) is 6.92 Å². The predicted molar refractivity (Wildman–Crippen MR) is 76.6 cm³/mol. The summed E-state index contributed by atoms with van der Waals surface area (Å²) in [4.78, 5) is 15.6. The molecular formula is C13H15N3OS. The van der Waals surface area contributed by atoms with Crippen LogP contribution in [0.4, 0.5) is 4.79 Å². The molecule has 1 heterocycles. The Morgan fingerprint density at radius 1 is 1.50 bits per heavy atom. The van der Waals surface area contributed by atoms with Gasteiger partial charge in [-0.2, -0.15) is 0 Å². The molecule has 0 aromatic heterocycles. The fourth-order valence-electron chi connectivity index (χ4n) is 1.53. The summed E-state index contributed by atoms with van der Waals surface area (Å²) in [5.41, 5.74) is 2.25. The smallest absolute Gasteiger partial charge is 0.314 e. The summed E-state index contributed by atoms with van der Waals surface area (Å²) in [5, 5.41) is 6.03. The predicted octanol–water partition coefficient (Wildman–Crippen LogP) is 2.37. The quantitative estimate of drug-likeness (QED) is 0.858. The largest absolute Gasteiger partial charge is 0.324 e. The van der Waals surface area contributed by atoms with Crippen molar-refractivity contribution in [3.63, 3.8) is 0 Å². The van der Waals surface area contributed by atoms with Gasteiger partial charge in [0.1, 0.15) is 0 Å². The number of nitrogens with zero attached hydrogens (tertiary/aromatic N) is 1. The van der Waals surface area contributed by atoms with Crippen LogP contribution in [-0.2, 0) is 0 Å². The molecule has 0 aliphatic carbocycles. The maximum Gasteiger partial charge on any atom is 0.324 e. The summed E-state index contributed by atoms with van der Waals surface area (Å²) < 4.78 is 0. The fraction of sp³-hybridized carbons (Fsp3) is 0.231. The molecule has 1 aliphatic rings. The van der Waals surface area contributed by atoms with E-state index in [0.717, 1.165) is 17.9 Å². The molecule has 0 bridgehead atoms. The number of aryl methyl sites for hydroxylation is 1. The van der Waals surface area contributed by atoms with Crippen LogP contribution in [0.15, 0.2) is 35.5 Å². The number of amidine groups is 1. The van der Waals surface area contributed by atoms with Crippen molar-refractivity contribution in [1.29, 1.82) is 0 Å². The Hall–Kier alpha value is -1.75. The van der Waals surface area contributed by atoms with Gasteiger partial charge in [0.15, 0.2) is 5.17 Å². The Kier molecular flexibility index (Phi) is 4.41. The van der Waals surface area contributed by atoms with Gasteiger partial charge in [-0.15, -0.1) is 0 Å². The van der Waals surface area contributed by atoms with Crippen LogP contribution in [-0.4, -0.2) is 23.5 Å². The molecule has 0 fully saturated rings. The van der Waals surface area contributed by atoms with Gasteiger partial charge in [0.2, 0.25) is 0 Å². The second kappa shape index (κ2) is 6.26. The zero-order valence-electron chi connectivity index (χ0n) is 10.1. The van der Waals surface area contributed by atoms with Crippen LogP contribution < -0.4 is 10.6 Å². The van der Waals surface area contributed by atoms with Crippen molar-refractivity contribution in [2.75, 3.05) is 12.3 Å². The number of carbonyl (C=O) groups is 1. The average Bonchev–Trinajstić information content (AvgIpc) is 2.82. The molecule has 0 saturated carbocycles. The number of hydrogen-bond acceptors (Lipinski definition) is 3. The third-order valence-electron chi connectivity index (χ3n) is 2.34. The Morgan fingerprint density at radius 2 is 2.39 bits per heavy atom. The number of carbonyl (C=O) groups excluding carboxylic acids is 1. The van der Waals surface area contributed by atoms with E-state index in [9.17, 15) is 4.79 Å². The van der Waals surface area contributed by atoms with Gasteiger partial charge in [0.25, 0.3) is 0 Å². The maximum atomic E-state index is 11.5. The van der Waals surface area contributed by atoms with Gasteiger partial charge in [-0.25, -0.2) is 4.79 Å². The summed E-state index contributed by atoms with van der Waals surface area (Å²) in [6.07, 6.45) is 3.49. The third kappa shape index (κ3) is 3.92. The molecular weight excluding hydrogens is 246 g/mol. The van der Waals surface area contributed by atoms with Crippen LogP contribution >= 0.6 is 11.8 Å². The van der Waals surface area contributed by atoms with E-state index in [1.807, 2.05) is 37.3 Å². The zero-order chi connectivity index (χ0) is 12.8. The second-order valence-corrected chi connectivity index (χ2v) is 4.96. The first-order chi connectivity index (χ1) is 8.74. The Bertz CT molecular complexity index is 497. The number of amides is 2. The molecule has 0 spiro atoms. The number of rotatable bonds is 2. The van der Waals surface area contributed by atoms with Crippen LogP contribution in [0.1, 0.15) is 11.1 Å². The minimum Gasteiger partial charge on any atom is -0.314 e. The second-order valence-electron chi connectivity index (χ2n) is 3.88. The van der Waals surface area contributed by atoms with Crippen molar-refractivity contribution >= 4 is 29.0 Å². The lowest BCUT2D eigenvalue weighted by molar-refractivity contribution is 0.248. The highest BCUT2D eigenvalue weighted by atomic mass is 32.2. The molecule has 4 nitrogen and oxygen atoms in total. The Labute approximate surface area is 111 Å². The molecule has 0 unspecified atom stereocenters. The Morgan fingerprint density at radius 3 is 3.11 bits per heavy atom. The summed E-state index contributed by atoms with van der Waals surface area (Å²) in [5.74, 6) is 0.939. The monoisotopic (exact) mass is 261 g/mol. The molecule has 1 aromatic carbocycles. The summed E-state index contributed by atoms with van der Waals surface area (Å²) in [7, 11) is 0. The summed E-state index contributed by atoms with van der Waals surface area (Å²) in [6, 6.07) is 7.80. The lowest BCUT2D eigenvalue weighted by atomic mass is 10.1. The van der Waals surface area contributed by atoms with Crippen LogP contribution in [0.2, 0.25) is 0 Å². The molecule has 5 heteroatoms. The van der Waals surface area contributed by atoms with Gasteiger partial charge in [-0.3, -0.25) is 10.3 Å². The topological polar surface area (TPSA) is 53.5 Å². The van der Waals surface area contributed by atoms with Crippen LogP contribution in [0.3, 0.4) is 0 Å². The van der Waals surface area contributed by atoms with Crippen molar-refractivity contribution in [3.05, 3.63) is 41.6 Å². The van der Waals surface area contributed by atoms with Crippen molar-refractivity contribution in [3.8, 4) is 0 Å². The summed E-state index contributed by atoms with van der Waals surface area (Å²) >= 11 is 1.56. The van der Waals surface area contributed by atoms with Crippen molar-refractivity contribution < 1.29 is 4.79 Å². The van der Waals surface area contributed by atoms with Gasteiger partial charge in [-0.1, -0.05) is 41.6 Å². The van der Waals surface area contributed by atoms with E-state index in [0.29, 0.717) is 5.17 Å². The fourth-order valence-corrected chi connectivity index (χ4v) is 2.25. The molecule has 0 radical (unpaired) electrons. The molecule has 1 aliphatic heterocycles. The van der Waals surface area contributed by atoms with E-state index < -0.39 is 0 Å². The van der Waals surface area contributed by atoms with E-state index in [4.69, 9.17) is 0 Å². The van der Waals surface area contributed by atoms with Crippen molar-refractivity contribution in [1.82, 2.24) is 10.6 Å². The van der Waals surface area contributed by atoms with Crippen LogP contribution in [0.5, 0.6) is 0 Å². The molecule has 0 atom stereocenters. The average molecular weight is 261 g/mol. The van der Waals surface area contributed by atoms with Gasteiger partial charge < -0.3 is 5.32 Å². The number of hydrogen-bond donors (Lipinski definition) is 2. The van der Waals surface area contributed by atoms with Gasteiger partial charge in [-0.05, 0) is 18.6 Å². The molecule has 18 heavy (non-hydrogen) atoms. The summed E-state index contributed by atoms with van der Waals surface area (Å²) in [6.45, 7) is 2.81. The van der Waals surface area contributed by atoms with Crippen LogP contribution in [0, 0.1) is 6.92 Å². The standard InChI is InChI=1S/C13H15N3OS/c1-10-3-2-4-11(9-10)5-6-14-12(17)16-13-15-7-8-18-13/h2-6,9H,7-8H2,1H3,(H2,14,15,16,17)/b6-5+. The highest BCUT2D eigenvalue weighted by Crippen LogP contribution is 2.08.